The van der Waals surface area contributed by atoms with Gasteiger partial charge in [0.2, 0.25) is 5.91 Å². The van der Waals surface area contributed by atoms with Gasteiger partial charge in [-0.15, -0.1) is 0 Å². The molecule has 1 saturated heterocycles. The van der Waals surface area contributed by atoms with E-state index >= 15 is 0 Å². The van der Waals surface area contributed by atoms with Gasteiger partial charge in [0.1, 0.15) is 0 Å². The van der Waals surface area contributed by atoms with Crippen LogP contribution in [-0.4, -0.2) is 73.0 Å². The smallest absolute Gasteiger partial charge is 0.223 e. The van der Waals surface area contributed by atoms with Crippen LogP contribution in [0.1, 0.15) is 32.3 Å². The molecule has 1 aromatic rings. The van der Waals surface area contributed by atoms with Gasteiger partial charge in [0.05, 0.1) is 0 Å². The Morgan fingerprint density at radius 1 is 1.20 bits per heavy atom. The summed E-state index contributed by atoms with van der Waals surface area (Å²) in [5.41, 5.74) is 1.06. The summed E-state index contributed by atoms with van der Waals surface area (Å²) in [4.78, 5) is 19.4. The van der Waals surface area contributed by atoms with E-state index in [1.165, 1.54) is 6.42 Å². The molecule has 2 rings (SSSR count). The predicted molar refractivity (Wildman–Crippen MR) is 105 cm³/mol. The fourth-order valence-electron chi connectivity index (χ4n) is 3.67. The summed E-state index contributed by atoms with van der Waals surface area (Å²) in [5.74, 6) is 0.242. The van der Waals surface area contributed by atoms with Gasteiger partial charge in [-0.3, -0.25) is 9.69 Å². The lowest BCUT2D eigenvalue weighted by molar-refractivity contribution is -0.135. The third-order valence-electron chi connectivity index (χ3n) is 5.04. The second kappa shape index (κ2) is 9.56. The lowest BCUT2D eigenvalue weighted by atomic mass is 10.1. The minimum Gasteiger partial charge on any atom is -0.340 e. The zero-order valence-electron chi connectivity index (χ0n) is 16.0. The molecular weight excluding hydrogens is 334 g/mol. The quantitative estimate of drug-likeness (QED) is 0.742. The Morgan fingerprint density at radius 2 is 1.84 bits per heavy atom. The topological polar surface area (TPSA) is 26.8 Å². The van der Waals surface area contributed by atoms with Crippen LogP contribution in [0.3, 0.4) is 0 Å². The number of carbonyl (C=O) groups is 1. The second-order valence-electron chi connectivity index (χ2n) is 7.48. The Hall–Kier alpha value is -1.10. The molecule has 0 spiro atoms. The van der Waals surface area contributed by atoms with Crippen LogP contribution in [0, 0.1) is 0 Å². The zero-order chi connectivity index (χ0) is 18.4. The van der Waals surface area contributed by atoms with Crippen LogP contribution in [0.2, 0.25) is 5.02 Å². The highest BCUT2D eigenvalue weighted by atomic mass is 35.5. The van der Waals surface area contributed by atoms with Crippen LogP contribution >= 0.6 is 11.6 Å². The Labute approximate surface area is 157 Å². The number of amides is 1. The predicted octanol–water partition coefficient (Wildman–Crippen LogP) is 3.15. The van der Waals surface area contributed by atoms with Crippen LogP contribution in [0.15, 0.2) is 24.3 Å². The Balaban J connectivity index is 1.83. The van der Waals surface area contributed by atoms with Gasteiger partial charge in [-0.25, -0.2) is 0 Å². The van der Waals surface area contributed by atoms with Crippen molar-refractivity contribution in [1.82, 2.24) is 14.7 Å². The first-order chi connectivity index (χ1) is 11.9. The van der Waals surface area contributed by atoms with Crippen molar-refractivity contribution in [1.29, 1.82) is 0 Å². The SMILES string of the molecule is CC1CN(C(=O)CCc2ccccc2Cl)CC(C)N1CCCN(C)C. The minimum absolute atomic E-state index is 0.242. The maximum absolute atomic E-state index is 12.6. The van der Waals surface area contributed by atoms with Crippen LogP contribution in [0.5, 0.6) is 0 Å². The average molecular weight is 366 g/mol. The fourth-order valence-corrected chi connectivity index (χ4v) is 3.90. The van der Waals surface area contributed by atoms with Gasteiger partial charge in [-0.1, -0.05) is 29.8 Å². The van der Waals surface area contributed by atoms with E-state index < -0.39 is 0 Å². The maximum atomic E-state index is 12.6. The number of benzene rings is 1. The molecule has 25 heavy (non-hydrogen) atoms. The van der Waals surface area contributed by atoms with E-state index in [4.69, 9.17) is 11.6 Å². The van der Waals surface area contributed by atoms with Gasteiger partial charge < -0.3 is 9.80 Å². The molecule has 1 fully saturated rings. The zero-order valence-corrected chi connectivity index (χ0v) is 16.8. The Morgan fingerprint density at radius 3 is 2.44 bits per heavy atom. The third-order valence-corrected chi connectivity index (χ3v) is 5.41. The van der Waals surface area contributed by atoms with E-state index in [9.17, 15) is 4.79 Å². The van der Waals surface area contributed by atoms with Gasteiger partial charge >= 0.3 is 0 Å². The molecule has 1 aliphatic rings. The third kappa shape index (κ3) is 5.98. The lowest BCUT2D eigenvalue weighted by Gasteiger charge is -2.44. The Bertz CT molecular complexity index is 552. The molecule has 2 atom stereocenters. The van der Waals surface area contributed by atoms with Gasteiger partial charge in [0.15, 0.2) is 0 Å². The van der Waals surface area contributed by atoms with Crippen molar-refractivity contribution in [2.75, 3.05) is 40.3 Å². The molecule has 1 amide bonds. The van der Waals surface area contributed by atoms with E-state index in [0.29, 0.717) is 24.9 Å². The summed E-state index contributed by atoms with van der Waals surface area (Å²) >= 11 is 6.19. The second-order valence-corrected chi connectivity index (χ2v) is 7.89. The van der Waals surface area contributed by atoms with E-state index in [1.54, 1.807) is 0 Å². The van der Waals surface area contributed by atoms with Crippen molar-refractivity contribution in [3.8, 4) is 0 Å². The molecule has 1 aromatic carbocycles. The molecule has 4 nitrogen and oxygen atoms in total. The molecule has 1 heterocycles. The average Bonchev–Trinajstić information content (AvgIpc) is 2.56. The largest absolute Gasteiger partial charge is 0.340 e. The van der Waals surface area contributed by atoms with E-state index in [1.807, 2.05) is 29.2 Å². The monoisotopic (exact) mass is 365 g/mol. The van der Waals surface area contributed by atoms with Crippen LogP contribution in [-0.2, 0) is 11.2 Å². The summed E-state index contributed by atoms with van der Waals surface area (Å²) in [7, 11) is 4.23. The normalized spacial score (nSPS) is 21.8. The van der Waals surface area contributed by atoms with Gasteiger partial charge in [-0.05, 0) is 59.0 Å². The molecule has 1 aliphatic heterocycles. The van der Waals surface area contributed by atoms with Crippen molar-refractivity contribution in [2.24, 2.45) is 0 Å². The number of hydrogen-bond acceptors (Lipinski definition) is 3. The summed E-state index contributed by atoms with van der Waals surface area (Å²) in [6, 6.07) is 8.61. The molecule has 0 aliphatic carbocycles. The summed E-state index contributed by atoms with van der Waals surface area (Å²) in [6.07, 6.45) is 2.41. The number of rotatable bonds is 7. The molecule has 0 N–H and O–H groups in total. The van der Waals surface area contributed by atoms with Gasteiger partial charge in [-0.2, -0.15) is 0 Å². The van der Waals surface area contributed by atoms with Crippen molar-refractivity contribution in [3.63, 3.8) is 0 Å². The van der Waals surface area contributed by atoms with E-state index in [2.05, 4.69) is 37.7 Å². The van der Waals surface area contributed by atoms with Crippen molar-refractivity contribution >= 4 is 17.5 Å². The summed E-state index contributed by atoms with van der Waals surface area (Å²) < 4.78 is 0. The minimum atomic E-state index is 0.242. The molecular formula is C20H32ClN3O. The molecule has 0 radical (unpaired) electrons. The number of nitrogens with zero attached hydrogens (tertiary/aromatic N) is 3. The highest BCUT2D eigenvalue weighted by Crippen LogP contribution is 2.20. The van der Waals surface area contributed by atoms with E-state index in [-0.39, 0.29) is 5.91 Å². The fraction of sp³-hybridized carbons (Fsp3) is 0.650. The molecule has 140 valence electrons. The lowest BCUT2D eigenvalue weighted by Crippen LogP contribution is -2.58. The van der Waals surface area contributed by atoms with Gasteiger partial charge in [0.25, 0.3) is 0 Å². The molecule has 0 saturated carbocycles. The number of carbonyl (C=O) groups excluding carboxylic acids is 1. The first-order valence-corrected chi connectivity index (χ1v) is 9.68. The van der Waals surface area contributed by atoms with Crippen LogP contribution < -0.4 is 0 Å². The molecule has 0 aromatic heterocycles. The first-order valence-electron chi connectivity index (χ1n) is 9.30. The number of halogens is 1. The number of hydrogen-bond donors (Lipinski definition) is 0. The van der Waals surface area contributed by atoms with Crippen LogP contribution in [0.25, 0.3) is 0 Å². The molecule has 2 unspecified atom stereocenters. The standard InChI is InChI=1S/C20H32ClN3O/c1-16-14-23(15-17(2)24(16)13-7-12-22(3)4)20(25)11-10-18-8-5-6-9-19(18)21/h5-6,8-9,16-17H,7,10-15H2,1-4H3. The van der Waals surface area contributed by atoms with Crippen molar-refractivity contribution < 1.29 is 4.79 Å². The Kier molecular flexibility index (Phi) is 7.73. The van der Waals surface area contributed by atoms with Gasteiger partial charge in [0, 0.05) is 43.2 Å². The maximum Gasteiger partial charge on any atom is 0.223 e. The number of piperazine rings is 1. The van der Waals surface area contributed by atoms with Crippen molar-refractivity contribution in [3.05, 3.63) is 34.9 Å². The summed E-state index contributed by atoms with van der Waals surface area (Å²) in [6.45, 7) is 8.33. The molecule has 0 bridgehead atoms. The highest BCUT2D eigenvalue weighted by Gasteiger charge is 2.31. The first kappa shape index (κ1) is 20.2. The summed E-state index contributed by atoms with van der Waals surface area (Å²) in [5, 5.41) is 0.753. The molecule has 5 heteroatoms. The van der Waals surface area contributed by atoms with Crippen molar-refractivity contribution in [2.45, 2.75) is 45.2 Å². The van der Waals surface area contributed by atoms with Crippen LogP contribution in [0.4, 0.5) is 0 Å². The highest BCUT2D eigenvalue weighted by molar-refractivity contribution is 6.31. The van der Waals surface area contributed by atoms with E-state index in [0.717, 1.165) is 36.8 Å². The number of aryl methyl sites for hydroxylation is 1.